The van der Waals surface area contributed by atoms with Gasteiger partial charge in [-0.15, -0.1) is 5.10 Å². The van der Waals surface area contributed by atoms with Crippen molar-refractivity contribution in [1.29, 1.82) is 0 Å². The fraction of sp³-hybridized carbons (Fsp3) is 0.435. The Hall–Kier alpha value is -3.69. The molecular formula is C23H26N8O2. The predicted octanol–water partition coefficient (Wildman–Crippen LogP) is 2.65. The lowest BCUT2D eigenvalue weighted by Crippen LogP contribution is -2.59. The lowest BCUT2D eigenvalue weighted by atomic mass is 9.67. The van der Waals surface area contributed by atoms with Crippen molar-refractivity contribution in [3.8, 4) is 17.0 Å². The van der Waals surface area contributed by atoms with E-state index in [9.17, 15) is 4.79 Å². The lowest BCUT2D eigenvalue weighted by molar-refractivity contribution is -0.143. The number of rotatable bonds is 4. The van der Waals surface area contributed by atoms with Crippen molar-refractivity contribution in [2.24, 2.45) is 5.41 Å². The first-order valence-corrected chi connectivity index (χ1v) is 11.1. The normalized spacial score (nSPS) is 19.8. The predicted molar refractivity (Wildman–Crippen MR) is 122 cm³/mol. The van der Waals surface area contributed by atoms with Gasteiger partial charge in [-0.2, -0.15) is 4.98 Å². The highest BCUT2D eigenvalue weighted by Crippen LogP contribution is 2.44. The smallest absolute Gasteiger partial charge is 0.244 e. The van der Waals surface area contributed by atoms with Crippen LogP contribution in [0.25, 0.3) is 22.4 Å². The second kappa shape index (κ2) is 7.43. The molecule has 170 valence electrons. The minimum Gasteiger partial charge on any atom is -0.479 e. The zero-order valence-electron chi connectivity index (χ0n) is 21.2. The first kappa shape index (κ1) is 16.9. The molecule has 2 aliphatic rings. The highest BCUT2D eigenvalue weighted by atomic mass is 16.5. The van der Waals surface area contributed by atoms with Gasteiger partial charge in [0.25, 0.3) is 0 Å². The third kappa shape index (κ3) is 3.37. The summed E-state index contributed by atoms with van der Waals surface area (Å²) in [4.78, 5) is 26.5. The van der Waals surface area contributed by atoms with Crippen LogP contribution in [-0.4, -0.2) is 65.9 Å². The minimum atomic E-state index is -2.68. The number of nitrogens with one attached hydrogen (secondary N) is 1. The third-order valence-electron chi connectivity index (χ3n) is 7.01. The van der Waals surface area contributed by atoms with E-state index in [0.717, 1.165) is 44.3 Å². The Labute approximate surface area is 194 Å². The van der Waals surface area contributed by atoms with Crippen molar-refractivity contribution in [1.82, 2.24) is 33.9 Å². The number of aromatic nitrogens is 6. The molecule has 4 aromatic rings. The van der Waals surface area contributed by atoms with Crippen LogP contribution < -0.4 is 10.1 Å². The van der Waals surface area contributed by atoms with Crippen LogP contribution in [0, 0.1) is 5.41 Å². The number of methoxy groups -OCH3 is 1. The number of carbonyl (C=O) groups excluding carboxylic acids is 1. The highest BCUT2D eigenvalue weighted by molar-refractivity contribution is 5.84. The van der Waals surface area contributed by atoms with Crippen LogP contribution in [0.2, 0.25) is 0 Å². The molecule has 2 fully saturated rings. The number of likely N-dealkylation sites (tertiary alicyclic amines) is 1. The summed E-state index contributed by atoms with van der Waals surface area (Å²) in [5, 5.41) is 7.98. The zero-order valence-corrected chi connectivity index (χ0v) is 18.2. The van der Waals surface area contributed by atoms with E-state index >= 15 is 0 Å². The van der Waals surface area contributed by atoms with Gasteiger partial charge in [0.2, 0.25) is 23.5 Å². The first-order chi connectivity index (χ1) is 17.2. The van der Waals surface area contributed by atoms with Crippen molar-refractivity contribution in [3.05, 3.63) is 37.1 Å². The van der Waals surface area contributed by atoms with Crippen LogP contribution in [0.3, 0.4) is 0 Å². The Morgan fingerprint density at radius 1 is 1.27 bits per heavy atom. The van der Waals surface area contributed by atoms with Gasteiger partial charge in [0.15, 0.2) is 0 Å². The maximum atomic E-state index is 11.6. The topological polar surface area (TPSA) is 102 Å². The largest absolute Gasteiger partial charge is 0.479 e. The maximum Gasteiger partial charge on any atom is 0.244 e. The molecule has 10 nitrogen and oxygen atoms in total. The molecule has 1 N–H and O–H groups in total. The Morgan fingerprint density at radius 2 is 2.12 bits per heavy atom. The quantitative estimate of drug-likeness (QED) is 0.511. The average molecular weight is 450 g/mol. The number of carbonyl (C=O) groups is 1. The Bertz CT molecular complexity index is 1450. The molecule has 0 unspecified atom stereocenters. The van der Waals surface area contributed by atoms with E-state index in [0.29, 0.717) is 22.8 Å². The Balaban J connectivity index is 1.27. The number of fused-ring (bicyclic) bond motifs is 2. The van der Waals surface area contributed by atoms with Crippen LogP contribution in [0.5, 0.6) is 5.88 Å². The van der Waals surface area contributed by atoms with Crippen molar-refractivity contribution >= 4 is 23.1 Å². The SMILES string of the molecule is [2H]C([2H])([2H])Oc1nc(NC2CCC3(CC2)CN(C(C)=O)C3)nn2ccc(-c3cnc4nccn4c3)c12. The Morgan fingerprint density at radius 3 is 2.91 bits per heavy atom. The van der Waals surface area contributed by atoms with Gasteiger partial charge in [0.05, 0.1) is 11.2 Å². The summed E-state index contributed by atoms with van der Waals surface area (Å²) >= 11 is 0. The molecule has 0 atom stereocenters. The molecule has 0 radical (unpaired) electrons. The number of imidazole rings is 1. The van der Waals surface area contributed by atoms with E-state index in [1.54, 1.807) is 40.6 Å². The van der Waals surface area contributed by atoms with Crippen LogP contribution in [-0.2, 0) is 4.79 Å². The third-order valence-corrected chi connectivity index (χ3v) is 7.01. The van der Waals surface area contributed by atoms with Crippen LogP contribution in [0.1, 0.15) is 36.7 Å². The van der Waals surface area contributed by atoms with Crippen molar-refractivity contribution in [3.63, 3.8) is 0 Å². The first-order valence-electron chi connectivity index (χ1n) is 12.6. The van der Waals surface area contributed by atoms with E-state index in [1.165, 1.54) is 0 Å². The molecular weight excluding hydrogens is 420 g/mol. The van der Waals surface area contributed by atoms with Gasteiger partial charge >= 0.3 is 0 Å². The van der Waals surface area contributed by atoms with Gasteiger partial charge in [0.1, 0.15) is 5.52 Å². The van der Waals surface area contributed by atoms with Crippen LogP contribution in [0.4, 0.5) is 5.95 Å². The number of hydrogen-bond acceptors (Lipinski definition) is 7. The monoisotopic (exact) mass is 449 g/mol. The average Bonchev–Trinajstić information content (AvgIpc) is 3.43. The molecule has 4 aromatic heterocycles. The standard InChI is InChI=1S/C23H26N8O2/c1-15(32)30-13-23(14-30)6-3-17(4-7-23)26-21-27-20(33-2)19-18(5-9-31(19)28-21)16-11-25-22-24-8-10-29(22)12-16/h5,8-12,17H,3-4,6-7,13-14H2,1-2H3,(H,26,28)/i2D3. The molecule has 1 amide bonds. The summed E-state index contributed by atoms with van der Waals surface area (Å²) in [6, 6.07) is 1.99. The number of nitrogens with zero attached hydrogens (tertiary/aromatic N) is 7. The molecule has 1 saturated heterocycles. The number of ether oxygens (including phenoxy) is 1. The molecule has 1 spiro atoms. The van der Waals surface area contributed by atoms with E-state index in [2.05, 4.69) is 25.4 Å². The molecule has 10 heteroatoms. The molecule has 1 saturated carbocycles. The number of anilines is 1. The summed E-state index contributed by atoms with van der Waals surface area (Å²) < 4.78 is 31.7. The second-order valence-electron chi connectivity index (χ2n) is 9.14. The van der Waals surface area contributed by atoms with E-state index in [4.69, 9.17) is 8.85 Å². The van der Waals surface area contributed by atoms with E-state index in [1.807, 2.05) is 17.2 Å². The molecule has 0 aromatic carbocycles. The number of hydrogen-bond donors (Lipinski definition) is 1. The summed E-state index contributed by atoms with van der Waals surface area (Å²) in [5.41, 5.74) is 2.12. The molecule has 0 bridgehead atoms. The van der Waals surface area contributed by atoms with Gasteiger partial charge in [0, 0.05) is 73.6 Å². The summed E-state index contributed by atoms with van der Waals surface area (Å²) in [5.74, 6) is 0.985. The molecule has 6 rings (SSSR count). The molecule has 1 aliphatic carbocycles. The Kier molecular flexibility index (Phi) is 3.80. The zero-order chi connectivity index (χ0) is 25.1. The molecule has 33 heavy (non-hydrogen) atoms. The van der Waals surface area contributed by atoms with Crippen LogP contribution >= 0.6 is 0 Å². The van der Waals surface area contributed by atoms with Gasteiger partial charge in [-0.3, -0.25) is 9.20 Å². The van der Waals surface area contributed by atoms with Gasteiger partial charge in [-0.25, -0.2) is 14.5 Å². The molecule has 1 aliphatic heterocycles. The highest BCUT2D eigenvalue weighted by Gasteiger charge is 2.46. The maximum absolute atomic E-state index is 11.6. The van der Waals surface area contributed by atoms with Gasteiger partial charge < -0.3 is 15.0 Å². The van der Waals surface area contributed by atoms with Crippen molar-refractivity contribution in [2.45, 2.75) is 38.6 Å². The van der Waals surface area contributed by atoms with E-state index in [-0.39, 0.29) is 23.2 Å². The van der Waals surface area contributed by atoms with Gasteiger partial charge in [-0.1, -0.05) is 0 Å². The minimum absolute atomic E-state index is 0.0263. The fourth-order valence-electron chi connectivity index (χ4n) is 5.17. The van der Waals surface area contributed by atoms with Gasteiger partial charge in [-0.05, 0) is 31.7 Å². The lowest BCUT2D eigenvalue weighted by Gasteiger charge is -2.53. The van der Waals surface area contributed by atoms with Crippen molar-refractivity contribution < 1.29 is 13.6 Å². The summed E-state index contributed by atoms with van der Waals surface area (Å²) in [6.07, 6.45) is 12.6. The summed E-state index contributed by atoms with van der Waals surface area (Å²) in [6.45, 7) is 3.28. The second-order valence-corrected chi connectivity index (χ2v) is 9.14. The van der Waals surface area contributed by atoms with Crippen LogP contribution in [0.15, 0.2) is 37.1 Å². The number of amides is 1. The van der Waals surface area contributed by atoms with E-state index < -0.39 is 7.04 Å². The summed E-state index contributed by atoms with van der Waals surface area (Å²) in [7, 11) is -2.68. The van der Waals surface area contributed by atoms with Crippen molar-refractivity contribution in [2.75, 3.05) is 25.4 Å². The fourth-order valence-corrected chi connectivity index (χ4v) is 5.17. The molecule has 5 heterocycles.